The molecule has 146 valence electrons. The number of furan rings is 1. The van der Waals surface area contributed by atoms with Gasteiger partial charge in [0.15, 0.2) is 0 Å². The van der Waals surface area contributed by atoms with E-state index >= 15 is 0 Å². The van der Waals surface area contributed by atoms with E-state index in [1.54, 1.807) is 49.6 Å². The van der Waals surface area contributed by atoms with E-state index in [1.807, 2.05) is 0 Å². The third-order valence-electron chi connectivity index (χ3n) is 5.73. The fourth-order valence-corrected chi connectivity index (χ4v) is 4.28. The molecule has 28 heavy (non-hydrogen) atoms. The van der Waals surface area contributed by atoms with Crippen molar-refractivity contribution in [2.45, 2.75) is 31.7 Å². The fraction of sp³-hybridized carbons (Fsp3) is 0.364. The van der Waals surface area contributed by atoms with E-state index in [0.717, 1.165) is 12.3 Å². The lowest BCUT2D eigenvalue weighted by molar-refractivity contribution is -0.118. The van der Waals surface area contributed by atoms with E-state index in [0.29, 0.717) is 23.0 Å². The molecule has 0 unspecified atom stereocenters. The maximum Gasteiger partial charge on any atom is 0.268 e. The summed E-state index contributed by atoms with van der Waals surface area (Å²) in [4.78, 5) is 25.6. The van der Waals surface area contributed by atoms with Gasteiger partial charge in [-0.25, -0.2) is 0 Å². The van der Waals surface area contributed by atoms with Crippen LogP contribution >= 0.6 is 0 Å². The highest BCUT2D eigenvalue weighted by Gasteiger charge is 2.40. The van der Waals surface area contributed by atoms with Crippen molar-refractivity contribution in [2.24, 2.45) is 11.8 Å². The summed E-state index contributed by atoms with van der Waals surface area (Å²) in [6.07, 6.45) is 7.75. The topological polar surface area (TPSA) is 80.6 Å². The van der Waals surface area contributed by atoms with Gasteiger partial charge < -0.3 is 19.8 Å². The third-order valence-corrected chi connectivity index (χ3v) is 5.73. The maximum atomic E-state index is 12.9. The number of ether oxygens (including phenoxy) is 1. The van der Waals surface area contributed by atoms with Crippen molar-refractivity contribution >= 4 is 17.9 Å². The fourth-order valence-electron chi connectivity index (χ4n) is 4.28. The van der Waals surface area contributed by atoms with Crippen molar-refractivity contribution in [1.82, 2.24) is 10.6 Å². The molecule has 0 radical (unpaired) electrons. The number of carbonyl (C=O) groups excluding carboxylic acids is 2. The quantitative estimate of drug-likeness (QED) is 0.753. The molecule has 0 aliphatic heterocycles. The van der Waals surface area contributed by atoms with Gasteiger partial charge in [-0.15, -0.1) is 0 Å². The zero-order chi connectivity index (χ0) is 19.5. The Morgan fingerprint density at radius 1 is 1.14 bits per heavy atom. The highest BCUT2D eigenvalue weighted by atomic mass is 16.5. The normalized spacial score (nSPS) is 23.5. The Kier molecular flexibility index (Phi) is 5.19. The van der Waals surface area contributed by atoms with Crippen LogP contribution in [0.3, 0.4) is 0 Å². The predicted octanol–water partition coefficient (Wildman–Crippen LogP) is 3.36. The minimum atomic E-state index is -0.358. The number of hydrogen-bond acceptors (Lipinski definition) is 4. The number of nitrogens with one attached hydrogen (secondary N) is 2. The van der Waals surface area contributed by atoms with Crippen molar-refractivity contribution in [1.29, 1.82) is 0 Å². The second kappa shape index (κ2) is 7.92. The molecule has 2 N–H and O–H groups in total. The molecule has 2 aliphatic rings. The van der Waals surface area contributed by atoms with E-state index < -0.39 is 0 Å². The van der Waals surface area contributed by atoms with Crippen molar-refractivity contribution in [2.75, 3.05) is 7.11 Å². The Morgan fingerprint density at radius 3 is 2.57 bits per heavy atom. The lowest BCUT2D eigenvalue weighted by Crippen LogP contribution is -2.42. The van der Waals surface area contributed by atoms with Gasteiger partial charge in [0.25, 0.3) is 11.8 Å². The second-order valence-electron chi connectivity index (χ2n) is 7.51. The van der Waals surface area contributed by atoms with Crippen LogP contribution in [0.2, 0.25) is 0 Å². The molecule has 1 aromatic heterocycles. The molecule has 2 saturated carbocycles. The number of carbonyl (C=O) groups is 2. The SMILES string of the molecule is COc1ccc(C(=O)N/C(=C\c2ccco2)C(=O)N[C@@H]2C[C@@H]3CC[C@@H]2C3)cc1. The summed E-state index contributed by atoms with van der Waals surface area (Å²) in [7, 11) is 1.57. The molecule has 2 aliphatic carbocycles. The lowest BCUT2D eigenvalue weighted by Gasteiger charge is -2.23. The van der Waals surface area contributed by atoms with Crippen LogP contribution in [0.25, 0.3) is 6.08 Å². The maximum absolute atomic E-state index is 12.9. The van der Waals surface area contributed by atoms with Crippen molar-refractivity contribution in [3.8, 4) is 5.75 Å². The van der Waals surface area contributed by atoms with E-state index in [2.05, 4.69) is 10.6 Å². The van der Waals surface area contributed by atoms with Gasteiger partial charge in [0.05, 0.1) is 13.4 Å². The highest BCUT2D eigenvalue weighted by molar-refractivity contribution is 6.05. The molecule has 4 rings (SSSR count). The van der Waals surface area contributed by atoms with E-state index in [-0.39, 0.29) is 23.6 Å². The molecule has 0 saturated heterocycles. The van der Waals surface area contributed by atoms with Crippen LogP contribution in [0.1, 0.15) is 41.8 Å². The zero-order valence-corrected chi connectivity index (χ0v) is 15.8. The summed E-state index contributed by atoms with van der Waals surface area (Å²) in [6.45, 7) is 0. The molecule has 1 heterocycles. The van der Waals surface area contributed by atoms with Gasteiger partial charge in [-0.3, -0.25) is 9.59 Å². The zero-order valence-electron chi connectivity index (χ0n) is 15.8. The highest BCUT2D eigenvalue weighted by Crippen LogP contribution is 2.44. The Balaban J connectivity index is 1.50. The van der Waals surface area contributed by atoms with Crippen LogP contribution in [-0.4, -0.2) is 25.0 Å². The molecular formula is C22H24N2O4. The number of amides is 2. The summed E-state index contributed by atoms with van der Waals surface area (Å²) in [5.74, 6) is 1.81. The largest absolute Gasteiger partial charge is 0.497 e. The molecule has 6 nitrogen and oxygen atoms in total. The summed E-state index contributed by atoms with van der Waals surface area (Å²) >= 11 is 0. The van der Waals surface area contributed by atoms with Crippen LogP contribution in [0.5, 0.6) is 5.75 Å². The Bertz CT molecular complexity index is 870. The Morgan fingerprint density at radius 2 is 1.96 bits per heavy atom. The molecule has 0 spiro atoms. The molecule has 2 aromatic rings. The average Bonchev–Trinajstić information content (AvgIpc) is 3.46. The number of fused-ring (bicyclic) bond motifs is 2. The summed E-state index contributed by atoms with van der Waals surface area (Å²) in [5.41, 5.74) is 0.623. The van der Waals surface area contributed by atoms with Gasteiger partial charge in [-0.1, -0.05) is 6.42 Å². The summed E-state index contributed by atoms with van der Waals surface area (Å²) in [6, 6.07) is 10.4. The van der Waals surface area contributed by atoms with E-state index in [1.165, 1.54) is 25.5 Å². The van der Waals surface area contributed by atoms with Crippen LogP contribution in [0, 0.1) is 11.8 Å². The standard InChI is InChI=1S/C22H24N2O4/c1-27-17-8-6-15(7-9-17)21(25)24-20(13-18-3-2-10-28-18)22(26)23-19-12-14-4-5-16(19)11-14/h2-3,6-10,13-14,16,19H,4-5,11-12H2,1H3,(H,23,26)(H,24,25)/b20-13-/t14-,16-,19-/m1/s1. The van der Waals surface area contributed by atoms with Gasteiger partial charge in [0.1, 0.15) is 17.2 Å². The Labute approximate surface area is 163 Å². The van der Waals surface area contributed by atoms with Crippen LogP contribution < -0.4 is 15.4 Å². The minimum Gasteiger partial charge on any atom is -0.497 e. The van der Waals surface area contributed by atoms with Gasteiger partial charge in [0.2, 0.25) is 0 Å². The average molecular weight is 380 g/mol. The van der Waals surface area contributed by atoms with Gasteiger partial charge in [-0.05, 0) is 67.5 Å². The van der Waals surface area contributed by atoms with Gasteiger partial charge >= 0.3 is 0 Å². The molecule has 1 aromatic carbocycles. The molecule has 6 heteroatoms. The number of benzene rings is 1. The first-order valence-electron chi connectivity index (χ1n) is 9.64. The molecule has 2 bridgehead atoms. The summed E-state index contributed by atoms with van der Waals surface area (Å²) < 4.78 is 10.4. The van der Waals surface area contributed by atoms with Crippen molar-refractivity contribution in [3.63, 3.8) is 0 Å². The van der Waals surface area contributed by atoms with Crippen LogP contribution in [0.15, 0.2) is 52.8 Å². The molecule has 2 fully saturated rings. The Hall–Kier alpha value is -3.02. The van der Waals surface area contributed by atoms with E-state index in [4.69, 9.17) is 9.15 Å². The van der Waals surface area contributed by atoms with Crippen molar-refractivity contribution in [3.05, 3.63) is 59.7 Å². The number of rotatable bonds is 6. The first-order chi connectivity index (χ1) is 13.6. The number of hydrogen-bond donors (Lipinski definition) is 2. The summed E-state index contributed by atoms with van der Waals surface area (Å²) in [5, 5.41) is 5.85. The van der Waals surface area contributed by atoms with Gasteiger partial charge in [-0.2, -0.15) is 0 Å². The molecular weight excluding hydrogens is 356 g/mol. The second-order valence-corrected chi connectivity index (χ2v) is 7.51. The minimum absolute atomic E-state index is 0.179. The number of methoxy groups -OCH3 is 1. The van der Waals surface area contributed by atoms with Gasteiger partial charge in [0, 0.05) is 17.7 Å². The first-order valence-corrected chi connectivity index (χ1v) is 9.64. The van der Waals surface area contributed by atoms with Crippen LogP contribution in [-0.2, 0) is 4.79 Å². The monoisotopic (exact) mass is 380 g/mol. The van der Waals surface area contributed by atoms with Crippen molar-refractivity contribution < 1.29 is 18.7 Å². The first kappa shape index (κ1) is 18.3. The molecule has 3 atom stereocenters. The predicted molar refractivity (Wildman–Crippen MR) is 105 cm³/mol. The lowest BCUT2D eigenvalue weighted by atomic mass is 9.95. The smallest absolute Gasteiger partial charge is 0.268 e. The van der Waals surface area contributed by atoms with E-state index in [9.17, 15) is 9.59 Å². The molecule has 2 amide bonds. The third kappa shape index (κ3) is 3.96. The van der Waals surface area contributed by atoms with Crippen LogP contribution in [0.4, 0.5) is 0 Å².